The molecular weight excluding hydrogens is 321 g/mol. The summed E-state index contributed by atoms with van der Waals surface area (Å²) in [6, 6.07) is 6.53. The lowest BCUT2D eigenvalue weighted by atomic mass is 10.2. The van der Waals surface area contributed by atoms with E-state index in [0.717, 1.165) is 31.5 Å². The Kier molecular flexibility index (Phi) is 5.68. The third-order valence-corrected chi connectivity index (χ3v) is 4.49. The van der Waals surface area contributed by atoms with Crippen LogP contribution in [0, 0.1) is 12.7 Å². The summed E-state index contributed by atoms with van der Waals surface area (Å²) in [7, 11) is 0. The van der Waals surface area contributed by atoms with E-state index in [-0.39, 0.29) is 23.5 Å². The van der Waals surface area contributed by atoms with Crippen LogP contribution in [0.5, 0.6) is 5.75 Å². The molecule has 1 aliphatic rings. The highest BCUT2D eigenvalue weighted by molar-refractivity contribution is 5.76. The molecule has 134 valence electrons. The number of hydrogen-bond acceptors (Lipinski definition) is 3. The van der Waals surface area contributed by atoms with Gasteiger partial charge in [0, 0.05) is 19.2 Å². The predicted molar refractivity (Wildman–Crippen MR) is 92.8 cm³/mol. The number of benzene rings is 1. The van der Waals surface area contributed by atoms with Gasteiger partial charge in [-0.15, -0.1) is 0 Å². The van der Waals surface area contributed by atoms with Gasteiger partial charge in [0.05, 0.1) is 25.4 Å². The second kappa shape index (κ2) is 8.14. The number of aryl methyl sites for hydroxylation is 1. The minimum absolute atomic E-state index is 0.142. The first-order valence-corrected chi connectivity index (χ1v) is 8.79. The summed E-state index contributed by atoms with van der Waals surface area (Å²) in [5.41, 5.74) is 1.13. The van der Waals surface area contributed by atoms with Crippen LogP contribution in [0.25, 0.3) is 0 Å². The van der Waals surface area contributed by atoms with Gasteiger partial charge in [-0.1, -0.05) is 12.1 Å². The Bertz CT molecular complexity index is 716. The van der Waals surface area contributed by atoms with Gasteiger partial charge >= 0.3 is 0 Å². The van der Waals surface area contributed by atoms with Crippen LogP contribution in [-0.4, -0.2) is 39.8 Å². The number of likely N-dealkylation sites (tertiary alicyclic amines) is 1. The van der Waals surface area contributed by atoms with Crippen LogP contribution in [-0.2, 0) is 11.3 Å². The van der Waals surface area contributed by atoms with Gasteiger partial charge in [0.2, 0.25) is 5.91 Å². The summed E-state index contributed by atoms with van der Waals surface area (Å²) < 4.78 is 20.8. The van der Waals surface area contributed by atoms with Crippen LogP contribution >= 0.6 is 0 Å². The van der Waals surface area contributed by atoms with Gasteiger partial charge in [0.15, 0.2) is 11.6 Å². The Morgan fingerprint density at radius 1 is 1.40 bits per heavy atom. The standard InChI is InChI=1S/C19H24FN3O2/c1-15-12-21-22(13-15)14-16-6-4-10-23(16)19(24)9-5-11-25-18-8-3-2-7-17(18)20/h2-3,7-8,12-13,16H,4-6,9-11,14H2,1H3. The highest BCUT2D eigenvalue weighted by Crippen LogP contribution is 2.21. The first-order valence-electron chi connectivity index (χ1n) is 8.79. The van der Waals surface area contributed by atoms with Gasteiger partial charge in [0.1, 0.15) is 0 Å². The van der Waals surface area contributed by atoms with Crippen molar-refractivity contribution in [2.45, 2.75) is 45.2 Å². The van der Waals surface area contributed by atoms with E-state index in [2.05, 4.69) is 5.10 Å². The van der Waals surface area contributed by atoms with Crippen molar-refractivity contribution >= 4 is 5.91 Å². The van der Waals surface area contributed by atoms with Crippen molar-refractivity contribution in [1.82, 2.24) is 14.7 Å². The molecule has 2 aromatic rings. The van der Waals surface area contributed by atoms with Crippen LogP contribution in [0.4, 0.5) is 4.39 Å². The lowest BCUT2D eigenvalue weighted by Gasteiger charge is -2.24. The number of halogens is 1. The monoisotopic (exact) mass is 345 g/mol. The van der Waals surface area contributed by atoms with Crippen molar-refractivity contribution < 1.29 is 13.9 Å². The zero-order valence-electron chi connectivity index (χ0n) is 14.5. The van der Waals surface area contributed by atoms with E-state index >= 15 is 0 Å². The van der Waals surface area contributed by atoms with Gasteiger partial charge < -0.3 is 9.64 Å². The summed E-state index contributed by atoms with van der Waals surface area (Å²) in [5, 5.41) is 4.31. The average molecular weight is 345 g/mol. The number of ether oxygens (including phenoxy) is 1. The number of rotatable bonds is 7. The first kappa shape index (κ1) is 17.5. The van der Waals surface area contributed by atoms with Gasteiger partial charge in [-0.05, 0) is 43.9 Å². The van der Waals surface area contributed by atoms with E-state index in [4.69, 9.17) is 4.74 Å². The molecule has 0 aliphatic carbocycles. The minimum Gasteiger partial charge on any atom is -0.491 e. The van der Waals surface area contributed by atoms with Crippen LogP contribution in [0.15, 0.2) is 36.7 Å². The van der Waals surface area contributed by atoms with E-state index in [1.54, 1.807) is 18.2 Å². The number of nitrogens with zero attached hydrogens (tertiary/aromatic N) is 3. The molecule has 1 aromatic carbocycles. The molecule has 25 heavy (non-hydrogen) atoms. The first-order chi connectivity index (χ1) is 12.1. The number of carbonyl (C=O) groups excluding carboxylic acids is 1. The zero-order valence-corrected chi connectivity index (χ0v) is 14.5. The molecule has 6 heteroatoms. The molecule has 1 aliphatic heterocycles. The molecule has 0 saturated carbocycles. The molecule has 0 spiro atoms. The molecule has 5 nitrogen and oxygen atoms in total. The minimum atomic E-state index is -0.372. The van der Waals surface area contributed by atoms with Gasteiger partial charge in [-0.2, -0.15) is 5.10 Å². The van der Waals surface area contributed by atoms with Crippen LogP contribution < -0.4 is 4.74 Å². The molecule has 1 amide bonds. The number of amides is 1. The summed E-state index contributed by atoms with van der Waals surface area (Å²) in [6.45, 7) is 3.89. The maximum Gasteiger partial charge on any atom is 0.223 e. The predicted octanol–water partition coefficient (Wildman–Crippen LogP) is 3.18. The highest BCUT2D eigenvalue weighted by atomic mass is 19.1. The third-order valence-electron chi connectivity index (χ3n) is 4.49. The Morgan fingerprint density at radius 3 is 3.00 bits per heavy atom. The average Bonchev–Trinajstić information content (AvgIpc) is 3.22. The third kappa shape index (κ3) is 4.59. The second-order valence-corrected chi connectivity index (χ2v) is 6.51. The van der Waals surface area contributed by atoms with Crippen molar-refractivity contribution in [3.63, 3.8) is 0 Å². The number of carbonyl (C=O) groups is 1. The highest BCUT2D eigenvalue weighted by Gasteiger charge is 2.28. The molecule has 0 bridgehead atoms. The molecule has 1 unspecified atom stereocenters. The quantitative estimate of drug-likeness (QED) is 0.724. The molecule has 1 saturated heterocycles. The van der Waals surface area contributed by atoms with Crippen LogP contribution in [0.2, 0.25) is 0 Å². The van der Waals surface area contributed by atoms with Crippen molar-refractivity contribution in [2.24, 2.45) is 0 Å². The summed E-state index contributed by atoms with van der Waals surface area (Å²) in [6.07, 6.45) is 6.88. The molecule has 1 aromatic heterocycles. The van der Waals surface area contributed by atoms with Crippen molar-refractivity contribution in [2.75, 3.05) is 13.2 Å². The Hall–Kier alpha value is -2.37. The number of hydrogen-bond donors (Lipinski definition) is 0. The Labute approximate surface area is 147 Å². The van der Waals surface area contributed by atoms with E-state index in [1.165, 1.54) is 6.07 Å². The van der Waals surface area contributed by atoms with Crippen molar-refractivity contribution in [3.05, 3.63) is 48.0 Å². The zero-order chi connectivity index (χ0) is 17.6. The molecule has 1 fully saturated rings. The topological polar surface area (TPSA) is 47.4 Å². The van der Waals surface area contributed by atoms with E-state index in [0.29, 0.717) is 19.4 Å². The van der Waals surface area contributed by atoms with E-state index < -0.39 is 0 Å². The smallest absolute Gasteiger partial charge is 0.223 e. The van der Waals surface area contributed by atoms with Crippen LogP contribution in [0.3, 0.4) is 0 Å². The van der Waals surface area contributed by atoms with E-state index in [9.17, 15) is 9.18 Å². The normalized spacial score (nSPS) is 17.0. The maximum atomic E-state index is 13.5. The Morgan fingerprint density at radius 2 is 2.24 bits per heavy atom. The fourth-order valence-corrected chi connectivity index (χ4v) is 3.25. The molecule has 2 heterocycles. The van der Waals surface area contributed by atoms with E-state index in [1.807, 2.05) is 28.9 Å². The summed E-state index contributed by atoms with van der Waals surface area (Å²) in [4.78, 5) is 14.5. The second-order valence-electron chi connectivity index (χ2n) is 6.51. The molecule has 0 radical (unpaired) electrons. The fraction of sp³-hybridized carbons (Fsp3) is 0.474. The van der Waals surface area contributed by atoms with Crippen molar-refractivity contribution in [3.8, 4) is 5.75 Å². The molecular formula is C19H24FN3O2. The van der Waals surface area contributed by atoms with Gasteiger partial charge in [-0.3, -0.25) is 9.48 Å². The number of para-hydroxylation sites is 1. The lowest BCUT2D eigenvalue weighted by molar-refractivity contribution is -0.132. The maximum absolute atomic E-state index is 13.5. The SMILES string of the molecule is Cc1cnn(CC2CCCN2C(=O)CCCOc2ccccc2F)c1. The number of aromatic nitrogens is 2. The van der Waals surface area contributed by atoms with Gasteiger partial charge in [-0.25, -0.2) is 4.39 Å². The van der Waals surface area contributed by atoms with Crippen molar-refractivity contribution in [1.29, 1.82) is 0 Å². The molecule has 1 atom stereocenters. The fourth-order valence-electron chi connectivity index (χ4n) is 3.25. The van der Waals surface area contributed by atoms with Crippen LogP contribution in [0.1, 0.15) is 31.2 Å². The Balaban J connectivity index is 1.44. The molecule has 0 N–H and O–H groups in total. The summed E-state index contributed by atoms with van der Waals surface area (Å²) in [5.74, 6) is 0.00881. The summed E-state index contributed by atoms with van der Waals surface area (Å²) >= 11 is 0. The largest absolute Gasteiger partial charge is 0.491 e. The van der Waals surface area contributed by atoms with Gasteiger partial charge in [0.25, 0.3) is 0 Å². The lowest BCUT2D eigenvalue weighted by Crippen LogP contribution is -2.38. The molecule has 3 rings (SSSR count).